The fourth-order valence-electron chi connectivity index (χ4n) is 2.16. The summed E-state index contributed by atoms with van der Waals surface area (Å²) in [6.45, 7) is 8.42. The maximum absolute atomic E-state index is 12.0. The van der Waals surface area contributed by atoms with Crippen LogP contribution in [0.15, 0.2) is 0 Å². The second-order valence-electron chi connectivity index (χ2n) is 5.07. The minimum atomic E-state index is 0.209. The number of urea groups is 1. The van der Waals surface area contributed by atoms with Gasteiger partial charge in [-0.25, -0.2) is 4.79 Å². The van der Waals surface area contributed by atoms with Crippen molar-refractivity contribution in [2.24, 2.45) is 5.92 Å². The van der Waals surface area contributed by atoms with E-state index in [-0.39, 0.29) is 6.03 Å². The van der Waals surface area contributed by atoms with Gasteiger partial charge in [-0.05, 0) is 32.1 Å². The molecule has 0 saturated carbocycles. The van der Waals surface area contributed by atoms with E-state index in [0.29, 0.717) is 12.0 Å². The second kappa shape index (κ2) is 5.38. The van der Waals surface area contributed by atoms with E-state index in [9.17, 15) is 4.79 Å². The molecular weight excluding hydrogens is 188 g/mol. The van der Waals surface area contributed by atoms with Gasteiger partial charge in [0.1, 0.15) is 0 Å². The van der Waals surface area contributed by atoms with Crippen LogP contribution in [0.1, 0.15) is 40.0 Å². The van der Waals surface area contributed by atoms with Crippen molar-refractivity contribution < 1.29 is 4.79 Å². The van der Waals surface area contributed by atoms with E-state index in [1.165, 1.54) is 0 Å². The monoisotopic (exact) mass is 212 g/mol. The summed E-state index contributed by atoms with van der Waals surface area (Å²) in [5.41, 5.74) is 0. The van der Waals surface area contributed by atoms with Gasteiger partial charge in [0.25, 0.3) is 0 Å². The first-order valence-electron chi connectivity index (χ1n) is 6.04. The molecule has 2 amide bonds. The maximum Gasteiger partial charge on any atom is 0.319 e. The van der Waals surface area contributed by atoms with Crippen LogP contribution in [0, 0.1) is 5.92 Å². The van der Waals surface area contributed by atoms with Crippen molar-refractivity contribution in [2.75, 3.05) is 20.1 Å². The van der Waals surface area contributed by atoms with Crippen molar-refractivity contribution >= 4 is 6.03 Å². The van der Waals surface area contributed by atoms with E-state index in [2.05, 4.69) is 20.8 Å². The zero-order valence-corrected chi connectivity index (χ0v) is 10.5. The number of hydrogen-bond acceptors (Lipinski definition) is 1. The van der Waals surface area contributed by atoms with Crippen LogP contribution in [0.2, 0.25) is 0 Å². The number of nitrogens with zero attached hydrogens (tertiary/aromatic N) is 2. The van der Waals surface area contributed by atoms with E-state index in [1.807, 2.05) is 16.8 Å². The first kappa shape index (κ1) is 12.3. The first-order valence-corrected chi connectivity index (χ1v) is 6.04. The largest absolute Gasteiger partial charge is 0.325 e. The van der Waals surface area contributed by atoms with Gasteiger partial charge in [0.15, 0.2) is 0 Å². The van der Waals surface area contributed by atoms with Crippen molar-refractivity contribution in [1.29, 1.82) is 0 Å². The Morgan fingerprint density at radius 1 is 1.27 bits per heavy atom. The number of rotatable bonds is 3. The topological polar surface area (TPSA) is 23.6 Å². The van der Waals surface area contributed by atoms with Gasteiger partial charge in [0.05, 0.1) is 0 Å². The third-order valence-electron chi connectivity index (χ3n) is 3.15. The summed E-state index contributed by atoms with van der Waals surface area (Å²) in [6, 6.07) is 0.554. The molecule has 1 rings (SSSR count). The second-order valence-corrected chi connectivity index (χ2v) is 5.07. The van der Waals surface area contributed by atoms with Crippen LogP contribution in [-0.2, 0) is 0 Å². The summed E-state index contributed by atoms with van der Waals surface area (Å²) in [5.74, 6) is 0.647. The van der Waals surface area contributed by atoms with Crippen LogP contribution in [0.5, 0.6) is 0 Å². The molecule has 3 heteroatoms. The van der Waals surface area contributed by atoms with Gasteiger partial charge in [-0.2, -0.15) is 0 Å². The Balaban J connectivity index is 2.43. The molecule has 1 fully saturated rings. The fourth-order valence-corrected chi connectivity index (χ4v) is 2.16. The number of carbonyl (C=O) groups excluding carboxylic acids is 1. The summed E-state index contributed by atoms with van der Waals surface area (Å²) < 4.78 is 0. The van der Waals surface area contributed by atoms with Crippen LogP contribution in [-0.4, -0.2) is 42.0 Å². The van der Waals surface area contributed by atoms with Crippen molar-refractivity contribution in [3.05, 3.63) is 0 Å². The van der Waals surface area contributed by atoms with E-state index < -0.39 is 0 Å². The van der Waals surface area contributed by atoms with E-state index in [4.69, 9.17) is 0 Å². The lowest BCUT2D eigenvalue weighted by molar-refractivity contribution is 0.153. The average molecular weight is 212 g/mol. The Morgan fingerprint density at radius 2 is 1.80 bits per heavy atom. The summed E-state index contributed by atoms with van der Waals surface area (Å²) in [6.07, 6.45) is 3.41. The predicted molar refractivity (Wildman–Crippen MR) is 62.9 cm³/mol. The molecule has 1 aliphatic heterocycles. The van der Waals surface area contributed by atoms with Gasteiger partial charge in [-0.1, -0.05) is 13.8 Å². The normalized spacial score (nSPS) is 18.3. The molecule has 3 nitrogen and oxygen atoms in total. The molecule has 1 unspecified atom stereocenters. The van der Waals surface area contributed by atoms with E-state index in [0.717, 1.165) is 32.4 Å². The third kappa shape index (κ3) is 3.40. The van der Waals surface area contributed by atoms with Gasteiger partial charge in [-0.15, -0.1) is 0 Å². The molecule has 1 atom stereocenters. The lowest BCUT2D eigenvalue weighted by Gasteiger charge is -2.30. The van der Waals surface area contributed by atoms with Crippen LogP contribution < -0.4 is 0 Å². The summed E-state index contributed by atoms with van der Waals surface area (Å²) in [7, 11) is 1.92. The predicted octanol–water partition coefficient (Wildman–Crippen LogP) is 2.57. The van der Waals surface area contributed by atoms with Crippen molar-refractivity contribution in [3.63, 3.8) is 0 Å². The van der Waals surface area contributed by atoms with Gasteiger partial charge in [0.2, 0.25) is 0 Å². The zero-order valence-electron chi connectivity index (χ0n) is 10.5. The molecule has 0 aromatic rings. The van der Waals surface area contributed by atoms with Gasteiger partial charge in [-0.3, -0.25) is 0 Å². The molecule has 0 aromatic heterocycles. The molecule has 15 heavy (non-hydrogen) atoms. The van der Waals surface area contributed by atoms with Gasteiger partial charge < -0.3 is 9.80 Å². The first-order chi connectivity index (χ1) is 7.02. The number of likely N-dealkylation sites (tertiary alicyclic amines) is 1. The van der Waals surface area contributed by atoms with E-state index >= 15 is 0 Å². The molecule has 0 aromatic carbocycles. The number of amides is 2. The molecule has 1 heterocycles. The quantitative estimate of drug-likeness (QED) is 0.705. The summed E-state index contributed by atoms with van der Waals surface area (Å²) >= 11 is 0. The smallest absolute Gasteiger partial charge is 0.319 e. The highest BCUT2D eigenvalue weighted by molar-refractivity contribution is 5.74. The Kier molecular flexibility index (Phi) is 4.43. The summed E-state index contributed by atoms with van der Waals surface area (Å²) in [5, 5.41) is 0. The molecule has 0 radical (unpaired) electrons. The molecular formula is C12H24N2O. The van der Waals surface area contributed by atoms with Crippen LogP contribution in [0.3, 0.4) is 0 Å². The molecule has 0 aliphatic carbocycles. The third-order valence-corrected chi connectivity index (χ3v) is 3.15. The molecule has 0 spiro atoms. The molecule has 0 bridgehead atoms. The Labute approximate surface area is 93.4 Å². The Morgan fingerprint density at radius 3 is 2.27 bits per heavy atom. The number of carbonyl (C=O) groups is 1. The van der Waals surface area contributed by atoms with Gasteiger partial charge >= 0.3 is 6.03 Å². The highest BCUT2D eigenvalue weighted by Gasteiger charge is 2.24. The lowest BCUT2D eigenvalue weighted by Crippen LogP contribution is -2.44. The van der Waals surface area contributed by atoms with Crippen LogP contribution in [0.4, 0.5) is 4.79 Å². The highest BCUT2D eigenvalue weighted by Crippen LogP contribution is 2.14. The minimum absolute atomic E-state index is 0.209. The van der Waals surface area contributed by atoms with E-state index in [1.54, 1.807) is 0 Å². The zero-order chi connectivity index (χ0) is 11.4. The van der Waals surface area contributed by atoms with Crippen molar-refractivity contribution in [1.82, 2.24) is 9.80 Å². The van der Waals surface area contributed by atoms with Crippen molar-refractivity contribution in [2.45, 2.75) is 46.1 Å². The average Bonchev–Trinajstić information content (AvgIpc) is 2.67. The Hall–Kier alpha value is -0.730. The summed E-state index contributed by atoms with van der Waals surface area (Å²) in [4.78, 5) is 15.9. The fraction of sp³-hybridized carbons (Fsp3) is 0.917. The lowest BCUT2D eigenvalue weighted by atomic mass is 10.0. The van der Waals surface area contributed by atoms with Crippen molar-refractivity contribution in [3.8, 4) is 0 Å². The number of hydrogen-bond donors (Lipinski definition) is 0. The van der Waals surface area contributed by atoms with Crippen LogP contribution in [0.25, 0.3) is 0 Å². The standard InChI is InChI=1S/C12H24N2O/c1-10(2)9-11(3)13(4)12(15)14-7-5-6-8-14/h10-11H,5-9H2,1-4H3. The van der Waals surface area contributed by atoms with Gasteiger partial charge in [0, 0.05) is 26.2 Å². The molecule has 1 saturated heterocycles. The SMILES string of the molecule is CC(C)CC(C)N(C)C(=O)N1CCCC1. The molecule has 88 valence electrons. The highest BCUT2D eigenvalue weighted by atomic mass is 16.2. The molecule has 1 aliphatic rings. The molecule has 0 N–H and O–H groups in total. The maximum atomic E-state index is 12.0. The Bertz CT molecular complexity index is 210. The van der Waals surface area contributed by atoms with Crippen LogP contribution >= 0.6 is 0 Å². The minimum Gasteiger partial charge on any atom is -0.325 e.